The standard InChI is InChI=1S/C13H18ClN3O2/c1-8-4-3-5-10(9(8)2)15-13-11(17(18)19)6-7-12(14)16-13/h6-10H,3-5H2,1-2H3,(H,15,16). The van der Waals surface area contributed by atoms with Gasteiger partial charge in [-0.15, -0.1) is 0 Å². The molecule has 3 unspecified atom stereocenters. The first-order valence-electron chi connectivity index (χ1n) is 6.56. The fourth-order valence-electron chi connectivity index (χ4n) is 2.64. The first-order valence-corrected chi connectivity index (χ1v) is 6.94. The van der Waals surface area contributed by atoms with Gasteiger partial charge in [-0.25, -0.2) is 4.98 Å². The van der Waals surface area contributed by atoms with Crippen LogP contribution in [0, 0.1) is 22.0 Å². The first kappa shape index (κ1) is 14.1. The average Bonchev–Trinajstić information content (AvgIpc) is 2.35. The highest BCUT2D eigenvalue weighted by atomic mass is 35.5. The lowest BCUT2D eigenvalue weighted by molar-refractivity contribution is -0.384. The molecule has 3 atom stereocenters. The van der Waals surface area contributed by atoms with Gasteiger partial charge in [0.15, 0.2) is 0 Å². The maximum atomic E-state index is 11.0. The molecule has 1 heterocycles. The normalized spacial score (nSPS) is 27.0. The van der Waals surface area contributed by atoms with Crippen LogP contribution in [-0.4, -0.2) is 15.9 Å². The summed E-state index contributed by atoms with van der Waals surface area (Å²) in [5.74, 6) is 1.36. The lowest BCUT2D eigenvalue weighted by atomic mass is 9.78. The van der Waals surface area contributed by atoms with Crippen molar-refractivity contribution in [2.45, 2.75) is 39.2 Å². The summed E-state index contributed by atoms with van der Waals surface area (Å²) in [5, 5.41) is 14.5. The van der Waals surface area contributed by atoms with Crippen molar-refractivity contribution >= 4 is 23.1 Å². The van der Waals surface area contributed by atoms with Crippen molar-refractivity contribution in [2.75, 3.05) is 5.32 Å². The molecule has 0 spiro atoms. The molecule has 0 radical (unpaired) electrons. The van der Waals surface area contributed by atoms with Crippen molar-refractivity contribution in [3.8, 4) is 0 Å². The molecule has 0 aromatic carbocycles. The van der Waals surface area contributed by atoms with Crippen LogP contribution >= 0.6 is 11.6 Å². The Hall–Kier alpha value is -1.36. The number of anilines is 1. The maximum Gasteiger partial charge on any atom is 0.311 e. The summed E-state index contributed by atoms with van der Waals surface area (Å²) in [7, 11) is 0. The van der Waals surface area contributed by atoms with Crippen LogP contribution in [0.15, 0.2) is 12.1 Å². The molecule has 104 valence electrons. The second kappa shape index (κ2) is 5.74. The number of aromatic nitrogens is 1. The Bertz CT molecular complexity index is 481. The van der Waals surface area contributed by atoms with Gasteiger partial charge in [-0.1, -0.05) is 38.3 Å². The predicted octanol–water partition coefficient (Wildman–Crippen LogP) is 3.88. The quantitative estimate of drug-likeness (QED) is 0.519. The highest BCUT2D eigenvalue weighted by Crippen LogP contribution is 2.33. The third kappa shape index (κ3) is 3.15. The third-order valence-electron chi connectivity index (χ3n) is 4.07. The van der Waals surface area contributed by atoms with Crippen molar-refractivity contribution in [1.29, 1.82) is 0 Å². The van der Waals surface area contributed by atoms with Crippen molar-refractivity contribution in [2.24, 2.45) is 11.8 Å². The Balaban J connectivity index is 2.22. The molecular formula is C13H18ClN3O2. The lowest BCUT2D eigenvalue weighted by Gasteiger charge is -2.34. The van der Waals surface area contributed by atoms with E-state index in [0.717, 1.165) is 12.8 Å². The molecule has 0 aliphatic heterocycles. The van der Waals surface area contributed by atoms with E-state index >= 15 is 0 Å². The Kier molecular flexibility index (Phi) is 4.24. The zero-order valence-corrected chi connectivity index (χ0v) is 11.9. The van der Waals surface area contributed by atoms with E-state index in [9.17, 15) is 10.1 Å². The lowest BCUT2D eigenvalue weighted by Crippen LogP contribution is -2.35. The molecule has 19 heavy (non-hydrogen) atoms. The minimum absolute atomic E-state index is 0.0187. The first-order chi connectivity index (χ1) is 8.99. The van der Waals surface area contributed by atoms with E-state index in [2.05, 4.69) is 24.1 Å². The Morgan fingerprint density at radius 3 is 2.84 bits per heavy atom. The second-order valence-electron chi connectivity index (χ2n) is 5.28. The molecule has 0 saturated heterocycles. The zero-order valence-electron chi connectivity index (χ0n) is 11.1. The van der Waals surface area contributed by atoms with E-state index in [1.807, 2.05) is 0 Å². The zero-order chi connectivity index (χ0) is 14.0. The summed E-state index contributed by atoms with van der Waals surface area (Å²) < 4.78 is 0. The number of nitrogens with one attached hydrogen (secondary N) is 1. The monoisotopic (exact) mass is 283 g/mol. The van der Waals surface area contributed by atoms with Gasteiger partial charge in [-0.05, 0) is 24.3 Å². The molecule has 1 aromatic rings. The summed E-state index contributed by atoms with van der Waals surface area (Å²) in [6.07, 6.45) is 3.36. The van der Waals surface area contributed by atoms with Crippen LogP contribution in [0.25, 0.3) is 0 Å². The number of halogens is 1. The van der Waals surface area contributed by atoms with Gasteiger partial charge in [0, 0.05) is 12.1 Å². The molecule has 1 aliphatic carbocycles. The molecule has 1 aromatic heterocycles. The number of hydrogen-bond donors (Lipinski definition) is 1. The summed E-state index contributed by atoms with van der Waals surface area (Å²) in [6.45, 7) is 4.40. The molecule has 1 aliphatic rings. The van der Waals surface area contributed by atoms with Gasteiger partial charge in [0.1, 0.15) is 5.15 Å². The predicted molar refractivity (Wildman–Crippen MR) is 75.5 cm³/mol. The summed E-state index contributed by atoms with van der Waals surface area (Å²) >= 11 is 5.83. The van der Waals surface area contributed by atoms with Gasteiger partial charge in [-0.2, -0.15) is 0 Å². The smallest absolute Gasteiger partial charge is 0.311 e. The van der Waals surface area contributed by atoms with E-state index in [0.29, 0.717) is 11.8 Å². The Morgan fingerprint density at radius 1 is 1.42 bits per heavy atom. The Morgan fingerprint density at radius 2 is 2.16 bits per heavy atom. The van der Waals surface area contributed by atoms with Crippen molar-refractivity contribution < 1.29 is 4.92 Å². The van der Waals surface area contributed by atoms with Crippen LogP contribution in [0.1, 0.15) is 33.1 Å². The third-order valence-corrected chi connectivity index (χ3v) is 4.28. The summed E-state index contributed by atoms with van der Waals surface area (Å²) in [5.41, 5.74) is -0.0187. The van der Waals surface area contributed by atoms with E-state index in [-0.39, 0.29) is 22.7 Å². The number of pyridine rings is 1. The van der Waals surface area contributed by atoms with Gasteiger partial charge < -0.3 is 5.32 Å². The topological polar surface area (TPSA) is 68.1 Å². The molecule has 0 bridgehead atoms. The average molecular weight is 284 g/mol. The van der Waals surface area contributed by atoms with Crippen molar-refractivity contribution in [3.05, 3.63) is 27.4 Å². The minimum atomic E-state index is -0.428. The van der Waals surface area contributed by atoms with Gasteiger partial charge in [0.05, 0.1) is 4.92 Å². The minimum Gasteiger partial charge on any atom is -0.361 e. The molecule has 0 amide bonds. The molecule has 1 saturated carbocycles. The molecule has 2 rings (SSSR count). The van der Waals surface area contributed by atoms with Gasteiger partial charge in [0.25, 0.3) is 0 Å². The molecule has 6 heteroatoms. The maximum absolute atomic E-state index is 11.0. The Labute approximate surface area is 117 Å². The molecule has 5 nitrogen and oxygen atoms in total. The highest BCUT2D eigenvalue weighted by Gasteiger charge is 2.29. The highest BCUT2D eigenvalue weighted by molar-refractivity contribution is 6.29. The number of nitrogens with zero attached hydrogens (tertiary/aromatic N) is 2. The van der Waals surface area contributed by atoms with Gasteiger partial charge in [0.2, 0.25) is 5.82 Å². The summed E-state index contributed by atoms with van der Waals surface area (Å²) in [6, 6.07) is 3.06. The van der Waals surface area contributed by atoms with Crippen LogP contribution < -0.4 is 5.32 Å². The van der Waals surface area contributed by atoms with Crippen molar-refractivity contribution in [1.82, 2.24) is 4.98 Å². The van der Waals surface area contributed by atoms with Crippen molar-refractivity contribution in [3.63, 3.8) is 0 Å². The fraction of sp³-hybridized carbons (Fsp3) is 0.615. The largest absolute Gasteiger partial charge is 0.361 e. The van der Waals surface area contributed by atoms with Crippen LogP contribution in [0.3, 0.4) is 0 Å². The fourth-order valence-corrected chi connectivity index (χ4v) is 2.79. The number of rotatable bonds is 3. The van der Waals surface area contributed by atoms with Crippen LogP contribution in [0.4, 0.5) is 11.5 Å². The van der Waals surface area contributed by atoms with Gasteiger partial charge in [-0.3, -0.25) is 10.1 Å². The van der Waals surface area contributed by atoms with Crippen LogP contribution in [0.5, 0.6) is 0 Å². The second-order valence-corrected chi connectivity index (χ2v) is 5.66. The van der Waals surface area contributed by atoms with Crippen LogP contribution in [0.2, 0.25) is 5.15 Å². The van der Waals surface area contributed by atoms with E-state index < -0.39 is 4.92 Å². The van der Waals surface area contributed by atoms with E-state index in [4.69, 9.17) is 11.6 Å². The van der Waals surface area contributed by atoms with E-state index in [1.165, 1.54) is 18.6 Å². The molecular weight excluding hydrogens is 266 g/mol. The summed E-state index contributed by atoms with van der Waals surface area (Å²) in [4.78, 5) is 14.6. The molecule has 1 fully saturated rings. The van der Waals surface area contributed by atoms with E-state index in [1.54, 1.807) is 0 Å². The van der Waals surface area contributed by atoms with Crippen LogP contribution in [-0.2, 0) is 0 Å². The van der Waals surface area contributed by atoms with Gasteiger partial charge >= 0.3 is 5.69 Å². The number of hydrogen-bond acceptors (Lipinski definition) is 4. The molecule has 1 N–H and O–H groups in total. The SMILES string of the molecule is CC1CCCC(Nc2nc(Cl)ccc2[N+](=O)[O-])C1C. The number of nitro groups is 1.